The van der Waals surface area contributed by atoms with Gasteiger partial charge in [0.25, 0.3) is 5.91 Å². The zero-order valence-electron chi connectivity index (χ0n) is 17.7. The molecule has 162 valence electrons. The number of carbonyl (C=O) groups is 3. The topological polar surface area (TPSA) is 57.7 Å². The van der Waals surface area contributed by atoms with E-state index in [-0.39, 0.29) is 37.1 Å². The van der Waals surface area contributed by atoms with Crippen molar-refractivity contribution in [3.05, 3.63) is 101 Å². The SMILES string of the molecule is Cc1ccc(N2C(=O)CC(N(Cc3ccccc3)C(=O)Cc3ccc(Cl)cc3)C2=O)cc1. The van der Waals surface area contributed by atoms with Crippen molar-refractivity contribution in [1.82, 2.24) is 4.90 Å². The number of aryl methyl sites for hydroxylation is 1. The van der Waals surface area contributed by atoms with Gasteiger partial charge in [-0.05, 0) is 42.3 Å². The van der Waals surface area contributed by atoms with Crippen LogP contribution in [0.25, 0.3) is 0 Å². The maximum absolute atomic E-state index is 13.3. The zero-order valence-corrected chi connectivity index (χ0v) is 18.5. The molecule has 0 spiro atoms. The molecule has 4 rings (SSSR count). The van der Waals surface area contributed by atoms with Crippen LogP contribution in [0.2, 0.25) is 5.02 Å². The third kappa shape index (κ3) is 4.73. The lowest BCUT2D eigenvalue weighted by molar-refractivity contribution is -0.138. The number of imide groups is 1. The normalized spacial score (nSPS) is 15.8. The van der Waals surface area contributed by atoms with Gasteiger partial charge < -0.3 is 4.90 Å². The van der Waals surface area contributed by atoms with E-state index >= 15 is 0 Å². The number of carbonyl (C=O) groups excluding carboxylic acids is 3. The lowest BCUT2D eigenvalue weighted by Crippen LogP contribution is -2.45. The van der Waals surface area contributed by atoms with Crippen LogP contribution in [0.4, 0.5) is 5.69 Å². The molecule has 5 nitrogen and oxygen atoms in total. The fourth-order valence-electron chi connectivity index (χ4n) is 3.86. The minimum atomic E-state index is -0.844. The molecule has 6 heteroatoms. The predicted molar refractivity (Wildman–Crippen MR) is 124 cm³/mol. The van der Waals surface area contributed by atoms with Crippen LogP contribution >= 0.6 is 11.6 Å². The summed E-state index contributed by atoms with van der Waals surface area (Å²) in [4.78, 5) is 42.2. The summed E-state index contributed by atoms with van der Waals surface area (Å²) in [5, 5.41) is 0.590. The van der Waals surface area contributed by atoms with Gasteiger partial charge in [-0.15, -0.1) is 0 Å². The van der Waals surface area contributed by atoms with E-state index in [1.54, 1.807) is 36.4 Å². The molecule has 1 aliphatic rings. The van der Waals surface area contributed by atoms with Crippen LogP contribution in [0.15, 0.2) is 78.9 Å². The van der Waals surface area contributed by atoms with Gasteiger partial charge in [0.15, 0.2) is 0 Å². The van der Waals surface area contributed by atoms with Crippen molar-refractivity contribution in [2.75, 3.05) is 4.90 Å². The lowest BCUT2D eigenvalue weighted by Gasteiger charge is -2.28. The molecule has 0 bridgehead atoms. The first-order valence-corrected chi connectivity index (χ1v) is 10.8. The highest BCUT2D eigenvalue weighted by molar-refractivity contribution is 6.30. The third-order valence-corrected chi connectivity index (χ3v) is 5.83. The first kappa shape index (κ1) is 21.8. The van der Waals surface area contributed by atoms with E-state index in [9.17, 15) is 14.4 Å². The Morgan fingerprint density at radius 1 is 0.938 bits per heavy atom. The second-order valence-electron chi connectivity index (χ2n) is 7.93. The Morgan fingerprint density at radius 3 is 2.25 bits per heavy atom. The van der Waals surface area contributed by atoms with Gasteiger partial charge in [0.1, 0.15) is 6.04 Å². The van der Waals surface area contributed by atoms with E-state index in [2.05, 4.69) is 0 Å². The number of nitrogens with zero attached hydrogens (tertiary/aromatic N) is 2. The molecule has 1 aliphatic heterocycles. The minimum absolute atomic E-state index is 0.0358. The fourth-order valence-corrected chi connectivity index (χ4v) is 3.98. The molecule has 3 amide bonds. The molecule has 3 aromatic rings. The van der Waals surface area contributed by atoms with E-state index in [1.807, 2.05) is 49.4 Å². The molecule has 1 unspecified atom stereocenters. The highest BCUT2D eigenvalue weighted by Gasteiger charge is 2.44. The summed E-state index contributed by atoms with van der Waals surface area (Å²) < 4.78 is 0. The van der Waals surface area contributed by atoms with Crippen molar-refractivity contribution in [3.63, 3.8) is 0 Å². The smallest absolute Gasteiger partial charge is 0.257 e. The predicted octanol–water partition coefficient (Wildman–Crippen LogP) is 4.55. The second kappa shape index (κ2) is 9.37. The third-order valence-electron chi connectivity index (χ3n) is 5.58. The highest BCUT2D eigenvalue weighted by atomic mass is 35.5. The quantitative estimate of drug-likeness (QED) is 0.522. The zero-order chi connectivity index (χ0) is 22.7. The first-order chi connectivity index (χ1) is 15.4. The Kier molecular flexibility index (Phi) is 6.37. The maximum atomic E-state index is 13.3. The van der Waals surface area contributed by atoms with Crippen molar-refractivity contribution in [2.45, 2.75) is 32.4 Å². The van der Waals surface area contributed by atoms with Crippen molar-refractivity contribution >= 4 is 35.0 Å². The Bertz CT molecular complexity index is 1130. The summed E-state index contributed by atoms with van der Waals surface area (Å²) in [6.45, 7) is 2.19. The summed E-state index contributed by atoms with van der Waals surface area (Å²) >= 11 is 5.96. The van der Waals surface area contributed by atoms with Crippen LogP contribution in [0.1, 0.15) is 23.1 Å². The number of halogens is 1. The number of hydrogen-bond donors (Lipinski definition) is 0. The first-order valence-electron chi connectivity index (χ1n) is 10.4. The Labute approximate surface area is 192 Å². The van der Waals surface area contributed by atoms with E-state index in [4.69, 9.17) is 11.6 Å². The van der Waals surface area contributed by atoms with Crippen molar-refractivity contribution < 1.29 is 14.4 Å². The largest absolute Gasteiger partial charge is 0.325 e. The molecular weight excluding hydrogens is 424 g/mol. The summed E-state index contributed by atoms with van der Waals surface area (Å²) in [7, 11) is 0. The van der Waals surface area contributed by atoms with Crippen molar-refractivity contribution in [3.8, 4) is 0 Å². The minimum Gasteiger partial charge on any atom is -0.325 e. The molecule has 1 fully saturated rings. The highest BCUT2D eigenvalue weighted by Crippen LogP contribution is 2.27. The molecule has 0 aromatic heterocycles. The van der Waals surface area contributed by atoms with Crippen LogP contribution in [-0.4, -0.2) is 28.7 Å². The number of amides is 3. The van der Waals surface area contributed by atoms with Gasteiger partial charge in [-0.2, -0.15) is 0 Å². The number of anilines is 1. The molecule has 1 saturated heterocycles. The van der Waals surface area contributed by atoms with Crippen LogP contribution in [0.3, 0.4) is 0 Å². The maximum Gasteiger partial charge on any atom is 0.257 e. The van der Waals surface area contributed by atoms with E-state index < -0.39 is 6.04 Å². The monoisotopic (exact) mass is 446 g/mol. The fraction of sp³-hybridized carbons (Fsp3) is 0.192. The Balaban J connectivity index is 1.62. The summed E-state index contributed by atoms with van der Waals surface area (Å²) in [5.41, 5.74) is 3.25. The molecule has 1 heterocycles. The second-order valence-corrected chi connectivity index (χ2v) is 8.37. The Morgan fingerprint density at radius 2 is 1.59 bits per heavy atom. The van der Waals surface area contributed by atoms with Crippen LogP contribution in [0.5, 0.6) is 0 Å². The van der Waals surface area contributed by atoms with E-state index in [0.29, 0.717) is 10.7 Å². The molecule has 0 aliphatic carbocycles. The van der Waals surface area contributed by atoms with E-state index in [1.165, 1.54) is 9.80 Å². The molecule has 3 aromatic carbocycles. The molecule has 1 atom stereocenters. The lowest BCUT2D eigenvalue weighted by atomic mass is 10.1. The summed E-state index contributed by atoms with van der Waals surface area (Å²) in [5.74, 6) is -0.895. The number of benzene rings is 3. The van der Waals surface area contributed by atoms with Crippen LogP contribution in [-0.2, 0) is 27.3 Å². The van der Waals surface area contributed by atoms with Crippen LogP contribution < -0.4 is 4.90 Å². The summed E-state index contributed by atoms with van der Waals surface area (Å²) in [6.07, 6.45) is 0.0818. The van der Waals surface area contributed by atoms with Gasteiger partial charge in [0, 0.05) is 11.6 Å². The van der Waals surface area contributed by atoms with Gasteiger partial charge in [-0.25, -0.2) is 4.90 Å². The van der Waals surface area contributed by atoms with Crippen LogP contribution in [0, 0.1) is 6.92 Å². The van der Waals surface area contributed by atoms with Gasteiger partial charge in [0.05, 0.1) is 18.5 Å². The number of hydrogen-bond acceptors (Lipinski definition) is 3. The average Bonchev–Trinajstić information content (AvgIpc) is 3.08. The molecule has 0 saturated carbocycles. The van der Waals surface area contributed by atoms with Crippen molar-refractivity contribution in [2.24, 2.45) is 0 Å². The Hall–Kier alpha value is -3.44. The van der Waals surface area contributed by atoms with Gasteiger partial charge in [-0.3, -0.25) is 14.4 Å². The molecule has 32 heavy (non-hydrogen) atoms. The summed E-state index contributed by atoms with van der Waals surface area (Å²) in [6, 6.07) is 22.9. The van der Waals surface area contributed by atoms with Crippen molar-refractivity contribution in [1.29, 1.82) is 0 Å². The standard InChI is InChI=1S/C26H23ClN2O3/c1-18-7-13-22(14-8-18)29-25(31)16-23(26(29)32)28(17-20-5-3-2-4-6-20)24(30)15-19-9-11-21(27)12-10-19/h2-14,23H,15-17H2,1H3. The van der Waals surface area contributed by atoms with E-state index in [0.717, 1.165) is 16.7 Å². The molecular formula is C26H23ClN2O3. The number of rotatable bonds is 6. The van der Waals surface area contributed by atoms with Gasteiger partial charge in [0.2, 0.25) is 11.8 Å². The molecule has 0 N–H and O–H groups in total. The van der Waals surface area contributed by atoms with Gasteiger partial charge >= 0.3 is 0 Å². The van der Waals surface area contributed by atoms with Gasteiger partial charge in [-0.1, -0.05) is 71.8 Å². The average molecular weight is 447 g/mol. The molecule has 0 radical (unpaired) electrons.